The van der Waals surface area contributed by atoms with Crippen molar-refractivity contribution in [2.75, 3.05) is 6.54 Å². The largest absolute Gasteiger partial charge is 0.507 e. The fraction of sp³-hybridized carbons (Fsp3) is 0.517. The summed E-state index contributed by atoms with van der Waals surface area (Å²) in [5.41, 5.74) is 4.41. The summed E-state index contributed by atoms with van der Waals surface area (Å²) < 4.78 is 13.2. The maximum atomic E-state index is 11.9. The molecule has 2 saturated heterocycles. The standard InChI is InChI=1S/C29H36N2O5S/c1-15-16(2)26-24(17(3)25(15)32)20(29(4,5)36-26)14-22(21-7-6-12-30-21)35-19-10-8-18(9-11-19)13-23-27(33)31-28(34)37-23/h8-11,20-23,30,32H,6-7,12-14H2,1-5H3,(H,31,33,34)/t20?,21-,22?,23?/m0/s1. The minimum Gasteiger partial charge on any atom is -0.507 e. The van der Waals surface area contributed by atoms with E-state index in [4.69, 9.17) is 9.47 Å². The summed E-state index contributed by atoms with van der Waals surface area (Å²) in [5.74, 6) is 1.87. The zero-order chi connectivity index (χ0) is 26.5. The molecule has 198 valence electrons. The van der Waals surface area contributed by atoms with Crippen molar-refractivity contribution in [3.63, 3.8) is 0 Å². The van der Waals surface area contributed by atoms with E-state index >= 15 is 0 Å². The van der Waals surface area contributed by atoms with Crippen LogP contribution in [0.2, 0.25) is 0 Å². The molecule has 3 N–H and O–H groups in total. The van der Waals surface area contributed by atoms with E-state index in [9.17, 15) is 14.7 Å². The lowest BCUT2D eigenvalue weighted by Crippen LogP contribution is -2.42. The quantitative estimate of drug-likeness (QED) is 0.466. The number of hydrogen-bond donors (Lipinski definition) is 3. The molecule has 8 heteroatoms. The van der Waals surface area contributed by atoms with Gasteiger partial charge in [0.1, 0.15) is 29.0 Å². The number of imide groups is 1. The average molecular weight is 525 g/mol. The Hall–Kier alpha value is -2.71. The van der Waals surface area contributed by atoms with Crippen LogP contribution in [0.3, 0.4) is 0 Å². The van der Waals surface area contributed by atoms with Gasteiger partial charge in [0.2, 0.25) is 5.91 Å². The molecule has 0 spiro atoms. The summed E-state index contributed by atoms with van der Waals surface area (Å²) in [6.07, 6.45) is 3.33. The van der Waals surface area contributed by atoms with Gasteiger partial charge in [-0.1, -0.05) is 23.9 Å². The van der Waals surface area contributed by atoms with Crippen LogP contribution in [-0.2, 0) is 11.2 Å². The van der Waals surface area contributed by atoms with Gasteiger partial charge in [-0.05, 0) is 101 Å². The van der Waals surface area contributed by atoms with Crippen LogP contribution in [0.25, 0.3) is 0 Å². The fourth-order valence-corrected chi connectivity index (χ4v) is 6.80. The summed E-state index contributed by atoms with van der Waals surface area (Å²) in [6.45, 7) is 11.2. The molecular formula is C29H36N2O5S. The Morgan fingerprint density at radius 2 is 1.86 bits per heavy atom. The second kappa shape index (κ2) is 9.87. The second-order valence-corrected chi connectivity index (χ2v) is 12.2. The summed E-state index contributed by atoms with van der Waals surface area (Å²) in [5, 5.41) is 16.1. The molecule has 4 atom stereocenters. The minimum atomic E-state index is -0.431. The molecule has 2 aromatic carbocycles. The first-order chi connectivity index (χ1) is 17.5. The molecule has 3 aliphatic heterocycles. The number of hydrogen-bond acceptors (Lipinski definition) is 7. The van der Waals surface area contributed by atoms with Crippen molar-refractivity contribution < 1.29 is 24.2 Å². The van der Waals surface area contributed by atoms with Crippen LogP contribution in [0.4, 0.5) is 4.79 Å². The van der Waals surface area contributed by atoms with Gasteiger partial charge in [0, 0.05) is 17.5 Å². The third-order valence-corrected chi connectivity index (χ3v) is 9.21. The number of nitrogens with one attached hydrogen (secondary N) is 2. The highest BCUT2D eigenvalue weighted by molar-refractivity contribution is 8.15. The minimum absolute atomic E-state index is 0.0646. The Balaban J connectivity index is 1.38. The van der Waals surface area contributed by atoms with Crippen molar-refractivity contribution in [1.82, 2.24) is 10.6 Å². The van der Waals surface area contributed by atoms with E-state index in [1.807, 2.05) is 45.0 Å². The Kier molecular flexibility index (Phi) is 6.92. The molecule has 37 heavy (non-hydrogen) atoms. The molecule has 0 aliphatic carbocycles. The number of phenols is 1. The highest BCUT2D eigenvalue weighted by Crippen LogP contribution is 2.53. The molecule has 2 aromatic rings. The van der Waals surface area contributed by atoms with E-state index in [1.165, 1.54) is 0 Å². The molecule has 3 aliphatic rings. The zero-order valence-corrected chi connectivity index (χ0v) is 23.0. The van der Waals surface area contributed by atoms with Crippen LogP contribution in [0.5, 0.6) is 17.2 Å². The van der Waals surface area contributed by atoms with Crippen LogP contribution in [0.15, 0.2) is 24.3 Å². The van der Waals surface area contributed by atoms with Crippen LogP contribution < -0.4 is 20.1 Å². The van der Waals surface area contributed by atoms with Gasteiger partial charge in [0.25, 0.3) is 5.24 Å². The SMILES string of the molecule is Cc1c(C)c2c(c(C)c1O)C(CC(Oc1ccc(CC3SC(=O)NC3=O)cc1)[C@@H]1CCCN1)C(C)(C)O2. The first-order valence-electron chi connectivity index (χ1n) is 13.1. The van der Waals surface area contributed by atoms with Gasteiger partial charge in [0.05, 0.1) is 5.25 Å². The number of thioether (sulfide) groups is 1. The number of rotatable bonds is 7. The molecule has 0 radical (unpaired) electrons. The molecule has 2 fully saturated rings. The summed E-state index contributed by atoms with van der Waals surface area (Å²) in [4.78, 5) is 23.4. The van der Waals surface area contributed by atoms with Crippen LogP contribution in [0.1, 0.15) is 66.8 Å². The second-order valence-electron chi connectivity index (χ2n) is 11.1. The average Bonchev–Trinajstić information content (AvgIpc) is 3.56. The molecule has 2 amide bonds. The van der Waals surface area contributed by atoms with E-state index in [2.05, 4.69) is 24.5 Å². The van der Waals surface area contributed by atoms with Gasteiger partial charge in [-0.3, -0.25) is 14.9 Å². The Morgan fingerprint density at radius 3 is 2.49 bits per heavy atom. The summed E-state index contributed by atoms with van der Waals surface area (Å²) in [7, 11) is 0. The maximum absolute atomic E-state index is 11.9. The van der Waals surface area contributed by atoms with Crippen molar-refractivity contribution in [3.8, 4) is 17.2 Å². The van der Waals surface area contributed by atoms with Crippen LogP contribution in [0, 0.1) is 20.8 Å². The molecule has 0 bridgehead atoms. The van der Waals surface area contributed by atoms with E-state index in [0.29, 0.717) is 12.2 Å². The smallest absolute Gasteiger partial charge is 0.286 e. The third-order valence-electron chi connectivity index (χ3n) is 8.23. The van der Waals surface area contributed by atoms with Gasteiger partial charge < -0.3 is 19.9 Å². The van der Waals surface area contributed by atoms with Gasteiger partial charge in [0.15, 0.2) is 0 Å². The van der Waals surface area contributed by atoms with Gasteiger partial charge >= 0.3 is 0 Å². The Morgan fingerprint density at radius 1 is 1.14 bits per heavy atom. The predicted octanol–water partition coefficient (Wildman–Crippen LogP) is 5.06. The summed E-state index contributed by atoms with van der Waals surface area (Å²) in [6, 6.07) is 8.07. The molecule has 7 nitrogen and oxygen atoms in total. The number of fused-ring (bicyclic) bond motifs is 1. The first-order valence-corrected chi connectivity index (χ1v) is 13.9. The van der Waals surface area contributed by atoms with Gasteiger partial charge in [-0.25, -0.2) is 0 Å². The van der Waals surface area contributed by atoms with Crippen molar-refractivity contribution in [1.29, 1.82) is 0 Å². The molecule has 0 saturated carbocycles. The topological polar surface area (TPSA) is 96.9 Å². The van der Waals surface area contributed by atoms with E-state index in [-0.39, 0.29) is 34.5 Å². The predicted molar refractivity (Wildman–Crippen MR) is 145 cm³/mol. The molecule has 5 rings (SSSR count). The lowest BCUT2D eigenvalue weighted by Gasteiger charge is -2.33. The highest BCUT2D eigenvalue weighted by Gasteiger charge is 2.46. The van der Waals surface area contributed by atoms with E-state index in [0.717, 1.165) is 76.9 Å². The van der Waals surface area contributed by atoms with Crippen molar-refractivity contribution in [2.45, 2.75) is 89.2 Å². The molecule has 3 heterocycles. The van der Waals surface area contributed by atoms with Crippen molar-refractivity contribution in [2.24, 2.45) is 0 Å². The highest BCUT2D eigenvalue weighted by atomic mass is 32.2. The van der Waals surface area contributed by atoms with Crippen LogP contribution >= 0.6 is 11.8 Å². The summed E-state index contributed by atoms with van der Waals surface area (Å²) >= 11 is 1.05. The van der Waals surface area contributed by atoms with Gasteiger partial charge in [-0.2, -0.15) is 0 Å². The number of carbonyl (C=O) groups excluding carboxylic acids is 2. The maximum Gasteiger partial charge on any atom is 0.286 e. The number of carbonyl (C=O) groups is 2. The van der Waals surface area contributed by atoms with Crippen molar-refractivity contribution >= 4 is 22.9 Å². The number of aromatic hydroxyl groups is 1. The number of phenolic OH excluding ortho intramolecular Hbond substituents is 1. The lowest BCUT2D eigenvalue weighted by atomic mass is 9.78. The Bertz CT molecular complexity index is 1220. The number of ether oxygens (including phenoxy) is 2. The Labute approximate surface area is 222 Å². The molecule has 3 unspecified atom stereocenters. The van der Waals surface area contributed by atoms with Crippen molar-refractivity contribution in [3.05, 3.63) is 52.1 Å². The monoisotopic (exact) mass is 524 g/mol. The zero-order valence-electron chi connectivity index (χ0n) is 22.1. The number of amides is 2. The lowest BCUT2D eigenvalue weighted by molar-refractivity contribution is -0.118. The molecular weight excluding hydrogens is 488 g/mol. The van der Waals surface area contributed by atoms with E-state index < -0.39 is 5.60 Å². The fourth-order valence-electron chi connectivity index (χ4n) is 5.94. The van der Waals surface area contributed by atoms with Gasteiger partial charge in [-0.15, -0.1) is 0 Å². The molecule has 0 aromatic heterocycles. The van der Waals surface area contributed by atoms with E-state index in [1.54, 1.807) is 0 Å². The number of benzene rings is 2. The first kappa shape index (κ1) is 25.9. The van der Waals surface area contributed by atoms with Crippen LogP contribution in [-0.4, -0.2) is 45.8 Å². The normalized spacial score (nSPS) is 25.1. The third kappa shape index (κ3) is 4.93.